The number of benzene rings is 2. The second-order valence-electron chi connectivity index (χ2n) is 7.97. The molecule has 2 aromatic carbocycles. The largest absolute Gasteiger partial charge is 0.416 e. The minimum atomic E-state index is -4.37. The van der Waals surface area contributed by atoms with Crippen LogP contribution in [0.25, 0.3) is 10.9 Å². The van der Waals surface area contributed by atoms with E-state index in [0.29, 0.717) is 17.8 Å². The molecular formula is C22H21F3N4O. The van der Waals surface area contributed by atoms with Crippen molar-refractivity contribution in [1.29, 1.82) is 0 Å². The van der Waals surface area contributed by atoms with Gasteiger partial charge in [0.15, 0.2) is 0 Å². The van der Waals surface area contributed by atoms with E-state index < -0.39 is 11.7 Å². The normalized spacial score (nSPS) is 21.9. The Morgan fingerprint density at radius 2 is 1.90 bits per heavy atom. The summed E-state index contributed by atoms with van der Waals surface area (Å²) in [5.74, 6) is 0. The zero-order valence-electron chi connectivity index (χ0n) is 16.4. The standard InChI is InChI=1S/C22H21F3N4O/c1-13(14-3-2-4-15(7-14)22(23,24)25)27-21-10-26-28-20-6-5-16(8-19(20)21)29-11-17-9-18(12-29)30-17/h2-8,10,13,17-18H,9,11-12H2,1H3,(H,27,28)/t13-,17?,18?/m1/s1. The molecule has 3 aromatic rings. The highest BCUT2D eigenvalue weighted by molar-refractivity contribution is 5.93. The number of aromatic nitrogens is 2. The highest BCUT2D eigenvalue weighted by atomic mass is 19.4. The van der Waals surface area contributed by atoms with Crippen LogP contribution in [-0.2, 0) is 10.9 Å². The van der Waals surface area contributed by atoms with Gasteiger partial charge in [-0.1, -0.05) is 12.1 Å². The summed E-state index contributed by atoms with van der Waals surface area (Å²) in [6, 6.07) is 11.1. The van der Waals surface area contributed by atoms with E-state index in [4.69, 9.17) is 4.74 Å². The van der Waals surface area contributed by atoms with Gasteiger partial charge in [-0.2, -0.15) is 23.4 Å². The van der Waals surface area contributed by atoms with Gasteiger partial charge in [0.25, 0.3) is 0 Å². The van der Waals surface area contributed by atoms with Crippen molar-refractivity contribution in [2.24, 2.45) is 0 Å². The van der Waals surface area contributed by atoms with Gasteiger partial charge in [-0.3, -0.25) is 0 Å². The number of nitrogens with zero attached hydrogens (tertiary/aromatic N) is 3. The number of hydrogen-bond donors (Lipinski definition) is 1. The second-order valence-corrected chi connectivity index (χ2v) is 7.97. The molecular weight excluding hydrogens is 393 g/mol. The Bertz CT molecular complexity index is 1070. The van der Waals surface area contributed by atoms with Crippen LogP contribution in [0.1, 0.15) is 30.5 Å². The van der Waals surface area contributed by atoms with Crippen LogP contribution in [0.15, 0.2) is 48.7 Å². The fraction of sp³-hybridized carbons (Fsp3) is 0.364. The van der Waals surface area contributed by atoms with Gasteiger partial charge in [-0.15, -0.1) is 0 Å². The fourth-order valence-electron chi connectivity index (χ4n) is 4.22. The van der Waals surface area contributed by atoms with Gasteiger partial charge in [0.1, 0.15) is 0 Å². The molecule has 0 spiro atoms. The zero-order chi connectivity index (χ0) is 20.9. The summed E-state index contributed by atoms with van der Waals surface area (Å²) in [4.78, 5) is 2.31. The first-order chi connectivity index (χ1) is 14.4. The van der Waals surface area contributed by atoms with E-state index in [-0.39, 0.29) is 6.04 Å². The lowest BCUT2D eigenvalue weighted by molar-refractivity contribution is -0.137. The minimum Gasteiger partial charge on any atom is -0.377 e. The average molecular weight is 414 g/mol. The van der Waals surface area contributed by atoms with E-state index in [1.165, 1.54) is 12.1 Å². The Morgan fingerprint density at radius 1 is 1.13 bits per heavy atom. The molecule has 156 valence electrons. The summed E-state index contributed by atoms with van der Waals surface area (Å²) in [7, 11) is 0. The van der Waals surface area contributed by atoms with E-state index in [0.717, 1.165) is 47.9 Å². The van der Waals surface area contributed by atoms with Crippen molar-refractivity contribution in [3.05, 3.63) is 59.8 Å². The number of rotatable bonds is 4. The number of fused-ring (bicyclic) bond motifs is 3. The summed E-state index contributed by atoms with van der Waals surface area (Å²) in [5, 5.41) is 12.5. The first kappa shape index (κ1) is 19.1. The van der Waals surface area contributed by atoms with Crippen molar-refractivity contribution in [3.63, 3.8) is 0 Å². The highest BCUT2D eigenvalue weighted by Gasteiger charge is 2.38. The monoisotopic (exact) mass is 414 g/mol. The Hall–Kier alpha value is -2.87. The number of halogens is 3. The maximum absolute atomic E-state index is 13.1. The van der Waals surface area contributed by atoms with Gasteiger partial charge >= 0.3 is 6.18 Å². The Morgan fingerprint density at radius 3 is 2.63 bits per heavy atom. The van der Waals surface area contributed by atoms with Crippen LogP contribution in [-0.4, -0.2) is 35.5 Å². The van der Waals surface area contributed by atoms with Crippen LogP contribution in [0.2, 0.25) is 0 Å². The summed E-state index contributed by atoms with van der Waals surface area (Å²) >= 11 is 0. The molecule has 3 fully saturated rings. The number of hydrogen-bond acceptors (Lipinski definition) is 5. The quantitative estimate of drug-likeness (QED) is 0.665. The van der Waals surface area contributed by atoms with Crippen LogP contribution in [0.5, 0.6) is 0 Å². The lowest BCUT2D eigenvalue weighted by Crippen LogP contribution is -2.57. The average Bonchev–Trinajstić information content (AvgIpc) is 2.73. The van der Waals surface area contributed by atoms with E-state index in [1.807, 2.05) is 19.1 Å². The molecule has 4 heterocycles. The van der Waals surface area contributed by atoms with Crippen LogP contribution in [0.3, 0.4) is 0 Å². The number of nitrogens with one attached hydrogen (secondary N) is 1. The van der Waals surface area contributed by atoms with Crippen LogP contribution in [0.4, 0.5) is 24.5 Å². The molecule has 8 heteroatoms. The smallest absolute Gasteiger partial charge is 0.377 e. The lowest BCUT2D eigenvalue weighted by atomic mass is 9.98. The van der Waals surface area contributed by atoms with Crippen molar-refractivity contribution in [3.8, 4) is 0 Å². The molecule has 0 amide bonds. The highest BCUT2D eigenvalue weighted by Crippen LogP contribution is 2.35. The van der Waals surface area contributed by atoms with Gasteiger partial charge in [-0.25, -0.2) is 0 Å². The van der Waals surface area contributed by atoms with E-state index in [9.17, 15) is 13.2 Å². The molecule has 0 radical (unpaired) electrons. The number of morpholine rings is 1. The molecule has 1 N–H and O–H groups in total. The molecule has 0 saturated carbocycles. The molecule has 6 rings (SSSR count). The van der Waals surface area contributed by atoms with E-state index >= 15 is 0 Å². The number of anilines is 2. The maximum Gasteiger partial charge on any atom is 0.416 e. The first-order valence-corrected chi connectivity index (χ1v) is 9.96. The zero-order valence-corrected chi connectivity index (χ0v) is 16.4. The van der Waals surface area contributed by atoms with Gasteiger partial charge < -0.3 is 15.0 Å². The van der Waals surface area contributed by atoms with E-state index in [1.54, 1.807) is 12.3 Å². The summed E-state index contributed by atoms with van der Waals surface area (Å²) in [5.41, 5.74) is 2.46. The molecule has 0 aliphatic carbocycles. The number of piperidine rings is 1. The van der Waals surface area contributed by atoms with Crippen molar-refractivity contribution in [2.75, 3.05) is 23.3 Å². The molecule has 3 aliphatic rings. The molecule has 2 unspecified atom stereocenters. The molecule has 30 heavy (non-hydrogen) atoms. The van der Waals surface area contributed by atoms with Crippen molar-refractivity contribution in [1.82, 2.24) is 10.2 Å². The van der Waals surface area contributed by atoms with Crippen molar-refractivity contribution < 1.29 is 17.9 Å². The third kappa shape index (κ3) is 3.56. The molecule has 3 saturated heterocycles. The minimum absolute atomic E-state index is 0.300. The van der Waals surface area contributed by atoms with Crippen molar-refractivity contribution >= 4 is 22.3 Å². The van der Waals surface area contributed by atoms with Crippen LogP contribution in [0, 0.1) is 0 Å². The first-order valence-electron chi connectivity index (χ1n) is 9.96. The number of alkyl halides is 3. The second kappa shape index (κ2) is 7.12. The predicted molar refractivity (Wildman–Crippen MR) is 109 cm³/mol. The molecule has 1 aromatic heterocycles. The number of ether oxygens (including phenoxy) is 1. The summed E-state index contributed by atoms with van der Waals surface area (Å²) < 4.78 is 44.9. The van der Waals surface area contributed by atoms with Crippen molar-refractivity contribution in [2.45, 2.75) is 37.8 Å². The van der Waals surface area contributed by atoms with Crippen LogP contribution < -0.4 is 10.2 Å². The molecule has 3 atom stereocenters. The van der Waals surface area contributed by atoms with Gasteiger partial charge in [0.05, 0.1) is 35.2 Å². The molecule has 2 bridgehead atoms. The topological polar surface area (TPSA) is 50.3 Å². The Kier molecular flexibility index (Phi) is 4.54. The summed E-state index contributed by atoms with van der Waals surface area (Å²) in [6.45, 7) is 3.56. The maximum atomic E-state index is 13.1. The lowest BCUT2D eigenvalue weighted by Gasteiger charge is -2.48. The Balaban J connectivity index is 1.43. The van der Waals surface area contributed by atoms with Crippen LogP contribution >= 0.6 is 0 Å². The fourth-order valence-corrected chi connectivity index (χ4v) is 4.22. The molecule has 5 nitrogen and oxygen atoms in total. The third-order valence-corrected chi connectivity index (χ3v) is 5.83. The van der Waals surface area contributed by atoms with Gasteiger partial charge in [0, 0.05) is 36.6 Å². The Labute approximate surface area is 171 Å². The molecule has 3 aliphatic heterocycles. The van der Waals surface area contributed by atoms with Gasteiger partial charge in [0.2, 0.25) is 0 Å². The van der Waals surface area contributed by atoms with Gasteiger partial charge in [-0.05, 0) is 42.8 Å². The SMILES string of the molecule is C[C@@H](Nc1cnnc2ccc(N3CC4CC(C3)O4)cc12)c1cccc(C(F)(F)F)c1. The summed E-state index contributed by atoms with van der Waals surface area (Å²) in [6.07, 6.45) is -1.03. The predicted octanol–water partition coefficient (Wildman–Crippen LogP) is 4.80. The van der Waals surface area contributed by atoms with E-state index in [2.05, 4.69) is 26.5 Å². The third-order valence-electron chi connectivity index (χ3n) is 5.83.